The Morgan fingerprint density at radius 3 is 2.83 bits per heavy atom. The Hall–Kier alpha value is -1.13. The van der Waals surface area contributed by atoms with E-state index >= 15 is 0 Å². The molecule has 0 saturated heterocycles. The van der Waals surface area contributed by atoms with E-state index in [0.717, 1.165) is 23.3 Å². The molecule has 2 rings (SSSR count). The smallest absolute Gasteiger partial charge is 0.0645 e. The monoisotopic (exact) mass is 307 g/mol. The minimum Gasteiger partial charge on any atom is -0.344 e. The molecule has 0 aliphatic rings. The van der Waals surface area contributed by atoms with Crippen molar-refractivity contribution in [2.24, 2.45) is 0 Å². The summed E-state index contributed by atoms with van der Waals surface area (Å²) in [5.74, 6) is 0. The van der Waals surface area contributed by atoms with E-state index in [2.05, 4.69) is 63.0 Å². The normalized spacial score (nSPS) is 11.1. The van der Waals surface area contributed by atoms with Gasteiger partial charge in [0.1, 0.15) is 0 Å². The van der Waals surface area contributed by atoms with Crippen molar-refractivity contribution in [3.63, 3.8) is 0 Å². The lowest BCUT2D eigenvalue weighted by Gasteiger charge is -2.11. The van der Waals surface area contributed by atoms with Crippen molar-refractivity contribution in [1.29, 1.82) is 0 Å². The maximum absolute atomic E-state index is 4.40. The molecular weight excluding hydrogens is 290 g/mol. The summed E-state index contributed by atoms with van der Waals surface area (Å²) in [5.41, 5.74) is 2.36. The average Bonchev–Trinajstić information content (AvgIpc) is 2.77. The van der Waals surface area contributed by atoms with Gasteiger partial charge in [0.05, 0.1) is 12.2 Å². The molecule has 0 bridgehead atoms. The summed E-state index contributed by atoms with van der Waals surface area (Å²) >= 11 is 3.40. The topological polar surface area (TPSA) is 29.9 Å². The van der Waals surface area contributed by atoms with Gasteiger partial charge in [-0.25, -0.2) is 0 Å². The Bertz CT molecular complexity index is 488. The van der Waals surface area contributed by atoms with E-state index in [1.165, 1.54) is 5.69 Å². The van der Waals surface area contributed by atoms with Crippen molar-refractivity contribution in [3.05, 3.63) is 52.5 Å². The molecule has 0 aromatic carbocycles. The van der Waals surface area contributed by atoms with Crippen LogP contribution in [0.15, 0.2) is 41.1 Å². The molecule has 1 N–H and O–H groups in total. The summed E-state index contributed by atoms with van der Waals surface area (Å²) in [6.45, 7) is 6.02. The predicted molar refractivity (Wildman–Crippen MR) is 77.4 cm³/mol. The third kappa shape index (κ3) is 3.68. The van der Waals surface area contributed by atoms with Crippen LogP contribution < -0.4 is 5.32 Å². The first-order chi connectivity index (χ1) is 8.65. The van der Waals surface area contributed by atoms with Crippen LogP contribution in [0.2, 0.25) is 0 Å². The zero-order valence-electron chi connectivity index (χ0n) is 10.7. The van der Waals surface area contributed by atoms with Gasteiger partial charge in [0.15, 0.2) is 0 Å². The number of pyridine rings is 1. The van der Waals surface area contributed by atoms with Crippen LogP contribution in [0.5, 0.6) is 0 Å². The van der Waals surface area contributed by atoms with Crippen LogP contribution in [0.25, 0.3) is 0 Å². The van der Waals surface area contributed by atoms with Crippen molar-refractivity contribution in [2.45, 2.75) is 33.0 Å². The van der Waals surface area contributed by atoms with Crippen molar-refractivity contribution in [3.8, 4) is 0 Å². The van der Waals surface area contributed by atoms with Crippen LogP contribution >= 0.6 is 15.9 Å². The summed E-state index contributed by atoms with van der Waals surface area (Å²) in [4.78, 5) is 4.40. The number of rotatable bonds is 5. The Labute approximate surface area is 116 Å². The fraction of sp³-hybridized carbons (Fsp3) is 0.357. The van der Waals surface area contributed by atoms with E-state index in [1.807, 2.05) is 18.3 Å². The van der Waals surface area contributed by atoms with Crippen LogP contribution in [-0.4, -0.2) is 15.6 Å². The molecule has 3 nitrogen and oxygen atoms in total. The third-order valence-electron chi connectivity index (χ3n) is 2.74. The van der Waals surface area contributed by atoms with Crippen LogP contribution in [0, 0.1) is 0 Å². The second kappa shape index (κ2) is 6.16. The fourth-order valence-electron chi connectivity index (χ4n) is 1.75. The summed E-state index contributed by atoms with van der Waals surface area (Å²) < 4.78 is 3.24. The number of nitrogens with one attached hydrogen (secondary N) is 1. The van der Waals surface area contributed by atoms with Crippen molar-refractivity contribution < 1.29 is 0 Å². The molecule has 0 amide bonds. The molecule has 2 aromatic rings. The molecule has 0 radical (unpaired) electrons. The zero-order chi connectivity index (χ0) is 13.0. The first kappa shape index (κ1) is 13.3. The molecule has 0 unspecified atom stereocenters. The lowest BCUT2D eigenvalue weighted by molar-refractivity contribution is 0.563. The van der Waals surface area contributed by atoms with Gasteiger partial charge in [-0.15, -0.1) is 0 Å². The molecule has 2 heterocycles. The number of halogens is 1. The Kier molecular flexibility index (Phi) is 4.55. The van der Waals surface area contributed by atoms with E-state index in [1.54, 1.807) is 0 Å². The molecule has 2 aromatic heterocycles. The highest BCUT2D eigenvalue weighted by molar-refractivity contribution is 9.10. The molecule has 18 heavy (non-hydrogen) atoms. The zero-order valence-corrected chi connectivity index (χ0v) is 12.3. The summed E-state index contributed by atoms with van der Waals surface area (Å²) in [6.07, 6.45) is 3.94. The summed E-state index contributed by atoms with van der Waals surface area (Å²) in [5, 5.41) is 3.43. The molecule has 0 atom stereocenters. The van der Waals surface area contributed by atoms with Gasteiger partial charge in [-0.2, -0.15) is 0 Å². The van der Waals surface area contributed by atoms with Gasteiger partial charge >= 0.3 is 0 Å². The predicted octanol–water partition coefficient (Wildman–Crippen LogP) is 3.19. The van der Waals surface area contributed by atoms with Crippen LogP contribution in [0.4, 0.5) is 0 Å². The third-order valence-corrected chi connectivity index (χ3v) is 3.21. The first-order valence-electron chi connectivity index (χ1n) is 6.13. The Morgan fingerprint density at radius 2 is 2.17 bits per heavy atom. The standard InChI is InChI=1S/C14H18BrN3/c1-11(2)16-9-14-4-3-7-18(14)10-13-6-5-12(15)8-17-13/h3-8,11,16H,9-10H2,1-2H3. The SMILES string of the molecule is CC(C)NCc1cccn1Cc1ccc(Br)cn1. The van der Waals surface area contributed by atoms with Crippen molar-refractivity contribution in [1.82, 2.24) is 14.9 Å². The van der Waals surface area contributed by atoms with Crippen molar-refractivity contribution in [2.75, 3.05) is 0 Å². The molecule has 0 saturated carbocycles. The Morgan fingerprint density at radius 1 is 1.33 bits per heavy atom. The lowest BCUT2D eigenvalue weighted by Crippen LogP contribution is -2.23. The Balaban J connectivity index is 2.05. The summed E-state index contributed by atoms with van der Waals surface area (Å²) in [6, 6.07) is 8.80. The first-order valence-corrected chi connectivity index (χ1v) is 6.92. The minimum absolute atomic E-state index is 0.499. The summed E-state index contributed by atoms with van der Waals surface area (Å²) in [7, 11) is 0. The van der Waals surface area contributed by atoms with E-state index in [0.29, 0.717) is 6.04 Å². The van der Waals surface area contributed by atoms with Crippen molar-refractivity contribution >= 4 is 15.9 Å². The van der Waals surface area contributed by atoms with Gasteiger partial charge in [0.2, 0.25) is 0 Å². The minimum atomic E-state index is 0.499. The van der Waals surface area contributed by atoms with E-state index in [4.69, 9.17) is 0 Å². The number of aromatic nitrogens is 2. The maximum atomic E-state index is 4.40. The van der Waals surface area contributed by atoms with Gasteiger partial charge in [-0.05, 0) is 40.2 Å². The number of hydrogen-bond acceptors (Lipinski definition) is 2. The van der Waals surface area contributed by atoms with E-state index < -0.39 is 0 Å². The average molecular weight is 308 g/mol. The second-order valence-corrected chi connectivity index (χ2v) is 5.55. The highest BCUT2D eigenvalue weighted by Gasteiger charge is 2.03. The molecule has 0 aliphatic heterocycles. The molecular formula is C14H18BrN3. The van der Waals surface area contributed by atoms with Crippen LogP contribution in [0.1, 0.15) is 25.2 Å². The van der Waals surface area contributed by atoms with Gasteiger partial charge in [-0.1, -0.05) is 13.8 Å². The lowest BCUT2D eigenvalue weighted by atomic mass is 10.3. The van der Waals surface area contributed by atoms with E-state index in [-0.39, 0.29) is 0 Å². The molecule has 96 valence electrons. The van der Waals surface area contributed by atoms with Gasteiger partial charge < -0.3 is 9.88 Å². The van der Waals surface area contributed by atoms with Gasteiger partial charge in [-0.3, -0.25) is 4.98 Å². The quantitative estimate of drug-likeness (QED) is 0.919. The molecule has 0 aliphatic carbocycles. The molecule has 4 heteroatoms. The molecule has 0 spiro atoms. The highest BCUT2D eigenvalue weighted by Crippen LogP contribution is 2.10. The highest BCUT2D eigenvalue weighted by atomic mass is 79.9. The maximum Gasteiger partial charge on any atom is 0.0645 e. The van der Waals surface area contributed by atoms with Crippen LogP contribution in [0.3, 0.4) is 0 Å². The van der Waals surface area contributed by atoms with Crippen LogP contribution in [-0.2, 0) is 13.1 Å². The number of nitrogens with zero attached hydrogens (tertiary/aromatic N) is 2. The van der Waals surface area contributed by atoms with E-state index in [9.17, 15) is 0 Å². The van der Waals surface area contributed by atoms with Gasteiger partial charge in [0, 0.05) is 35.1 Å². The molecule has 0 fully saturated rings. The second-order valence-electron chi connectivity index (χ2n) is 4.63. The fourth-order valence-corrected chi connectivity index (χ4v) is 1.98. The number of hydrogen-bond donors (Lipinski definition) is 1. The largest absolute Gasteiger partial charge is 0.344 e. The van der Waals surface area contributed by atoms with Gasteiger partial charge in [0.25, 0.3) is 0 Å².